The molecule has 0 aliphatic heterocycles. The molecule has 0 atom stereocenters. The summed E-state index contributed by atoms with van der Waals surface area (Å²) in [5.74, 6) is 0. The molecule has 1 heterocycles. The first kappa shape index (κ1) is 13.1. The van der Waals surface area contributed by atoms with Crippen LogP contribution in [0, 0.1) is 0 Å². The molecule has 2 rings (SSSR count). The Bertz CT molecular complexity index is 648. The van der Waals surface area contributed by atoms with E-state index in [1.165, 1.54) is 0 Å². The molecule has 1 aromatic carbocycles. The zero-order valence-electron chi connectivity index (χ0n) is 10.5. The minimum absolute atomic E-state index is 0.736. The summed E-state index contributed by atoms with van der Waals surface area (Å²) >= 11 is 7.57. The van der Waals surface area contributed by atoms with E-state index in [-0.39, 0.29) is 0 Å². The lowest BCUT2D eigenvalue weighted by Gasteiger charge is -2.02. The summed E-state index contributed by atoms with van der Waals surface area (Å²) in [6.45, 7) is 3.85. The van der Waals surface area contributed by atoms with Gasteiger partial charge < -0.3 is 4.57 Å². The maximum Gasteiger partial charge on any atom is 0.210 e. The van der Waals surface area contributed by atoms with Crippen LogP contribution in [0.1, 0.15) is 13.8 Å². The van der Waals surface area contributed by atoms with Gasteiger partial charge in [0.25, 0.3) is 0 Å². The van der Waals surface area contributed by atoms with Crippen molar-refractivity contribution in [1.29, 1.82) is 0 Å². The second-order valence-electron chi connectivity index (χ2n) is 4.12. The molecule has 0 saturated heterocycles. The van der Waals surface area contributed by atoms with Gasteiger partial charge in [-0.15, -0.1) is 16.4 Å². The van der Waals surface area contributed by atoms with Crippen molar-refractivity contribution in [1.82, 2.24) is 4.57 Å². The van der Waals surface area contributed by atoms with Crippen LogP contribution < -0.4 is 4.80 Å². The molecular formula is C13H14ClN3S. The summed E-state index contributed by atoms with van der Waals surface area (Å²) in [5, 5.41) is 11.1. The minimum atomic E-state index is 0.736. The van der Waals surface area contributed by atoms with E-state index in [9.17, 15) is 0 Å². The van der Waals surface area contributed by atoms with Gasteiger partial charge in [0.05, 0.1) is 5.69 Å². The van der Waals surface area contributed by atoms with Crippen LogP contribution in [0.2, 0.25) is 5.02 Å². The predicted molar refractivity (Wildman–Crippen MR) is 78.1 cm³/mol. The largest absolute Gasteiger partial charge is 0.318 e. The third-order valence-electron chi connectivity index (χ3n) is 2.38. The van der Waals surface area contributed by atoms with Crippen molar-refractivity contribution in [2.75, 3.05) is 0 Å². The van der Waals surface area contributed by atoms with Crippen molar-refractivity contribution in [2.24, 2.45) is 17.3 Å². The molecule has 0 saturated carbocycles. The van der Waals surface area contributed by atoms with E-state index in [2.05, 4.69) is 15.6 Å². The topological polar surface area (TPSA) is 29.6 Å². The van der Waals surface area contributed by atoms with Gasteiger partial charge in [0.1, 0.15) is 0 Å². The molecule has 18 heavy (non-hydrogen) atoms. The molecule has 0 aliphatic rings. The highest BCUT2D eigenvalue weighted by Crippen LogP contribution is 2.22. The van der Waals surface area contributed by atoms with Crippen LogP contribution in [0.15, 0.2) is 39.8 Å². The number of halogens is 1. The van der Waals surface area contributed by atoms with Gasteiger partial charge in [0.15, 0.2) is 0 Å². The van der Waals surface area contributed by atoms with Gasteiger partial charge in [-0.1, -0.05) is 23.7 Å². The minimum Gasteiger partial charge on any atom is -0.318 e. The summed E-state index contributed by atoms with van der Waals surface area (Å²) in [6, 6.07) is 7.79. The summed E-state index contributed by atoms with van der Waals surface area (Å²) in [4.78, 5) is 0.867. The van der Waals surface area contributed by atoms with Crippen LogP contribution >= 0.6 is 22.9 Å². The fourth-order valence-corrected chi connectivity index (χ4v) is 2.56. The summed E-state index contributed by atoms with van der Waals surface area (Å²) in [5.41, 5.74) is 3.11. The molecule has 3 nitrogen and oxygen atoms in total. The molecule has 0 amide bonds. The van der Waals surface area contributed by atoms with Gasteiger partial charge in [-0.3, -0.25) is 0 Å². The number of benzene rings is 1. The number of rotatable bonds is 2. The van der Waals surface area contributed by atoms with Crippen LogP contribution in [0.25, 0.3) is 11.3 Å². The highest BCUT2D eigenvalue weighted by atomic mass is 35.5. The van der Waals surface area contributed by atoms with Gasteiger partial charge >= 0.3 is 0 Å². The Kier molecular flexibility index (Phi) is 3.99. The molecule has 5 heteroatoms. The highest BCUT2D eigenvalue weighted by molar-refractivity contribution is 7.07. The lowest BCUT2D eigenvalue weighted by molar-refractivity contribution is 0.862. The monoisotopic (exact) mass is 279 g/mol. The van der Waals surface area contributed by atoms with E-state index in [0.717, 1.165) is 26.8 Å². The van der Waals surface area contributed by atoms with E-state index < -0.39 is 0 Å². The van der Waals surface area contributed by atoms with E-state index in [1.54, 1.807) is 11.3 Å². The second kappa shape index (κ2) is 5.50. The third-order valence-corrected chi connectivity index (χ3v) is 3.52. The Morgan fingerprint density at radius 1 is 1.33 bits per heavy atom. The first-order chi connectivity index (χ1) is 8.58. The molecule has 0 unspecified atom stereocenters. The SMILES string of the molecule is CC(C)=N/N=c1\scc(-c2cccc(Cl)c2)n1C. The average Bonchev–Trinajstić information content (AvgIpc) is 2.68. The quantitative estimate of drug-likeness (QED) is 0.593. The number of hydrogen-bond acceptors (Lipinski definition) is 3. The average molecular weight is 280 g/mol. The van der Waals surface area contributed by atoms with Crippen molar-refractivity contribution >= 4 is 28.6 Å². The predicted octanol–water partition coefficient (Wildman–Crippen LogP) is 3.70. The number of thiazole rings is 1. The molecule has 2 aromatic rings. The van der Waals surface area contributed by atoms with Crippen LogP contribution in [-0.4, -0.2) is 10.3 Å². The molecule has 94 valence electrons. The standard InChI is InChI=1S/C13H14ClN3S/c1-9(2)15-16-13-17(3)12(8-18-13)10-5-4-6-11(14)7-10/h4-8H,1-3H3/b16-13-. The lowest BCUT2D eigenvalue weighted by atomic mass is 10.2. The molecule has 0 fully saturated rings. The molecule has 0 spiro atoms. The van der Waals surface area contributed by atoms with E-state index in [0.29, 0.717) is 0 Å². The van der Waals surface area contributed by atoms with Crippen LogP contribution in [0.4, 0.5) is 0 Å². The van der Waals surface area contributed by atoms with Gasteiger partial charge in [0, 0.05) is 28.7 Å². The van der Waals surface area contributed by atoms with Crippen molar-refractivity contribution in [2.45, 2.75) is 13.8 Å². The Morgan fingerprint density at radius 3 is 2.78 bits per heavy atom. The van der Waals surface area contributed by atoms with Crippen LogP contribution in [0.3, 0.4) is 0 Å². The number of hydrogen-bond donors (Lipinski definition) is 0. The van der Waals surface area contributed by atoms with E-state index >= 15 is 0 Å². The maximum absolute atomic E-state index is 6.01. The molecular weight excluding hydrogens is 266 g/mol. The number of aromatic nitrogens is 1. The first-order valence-corrected chi connectivity index (χ1v) is 6.79. The summed E-state index contributed by atoms with van der Waals surface area (Å²) < 4.78 is 2.02. The molecule has 0 bridgehead atoms. The van der Waals surface area contributed by atoms with Gasteiger partial charge in [-0.25, -0.2) is 0 Å². The zero-order chi connectivity index (χ0) is 13.1. The van der Waals surface area contributed by atoms with E-state index in [1.807, 2.05) is 49.7 Å². The Labute approximate surface area is 115 Å². The molecule has 0 aliphatic carbocycles. The van der Waals surface area contributed by atoms with Crippen molar-refractivity contribution in [3.05, 3.63) is 39.5 Å². The normalized spacial score (nSPS) is 11.7. The first-order valence-electron chi connectivity index (χ1n) is 5.53. The Hall–Kier alpha value is -1.39. The smallest absolute Gasteiger partial charge is 0.210 e. The van der Waals surface area contributed by atoms with Crippen molar-refractivity contribution in [3.63, 3.8) is 0 Å². The molecule has 1 aromatic heterocycles. The highest BCUT2D eigenvalue weighted by Gasteiger charge is 2.04. The lowest BCUT2D eigenvalue weighted by Crippen LogP contribution is -2.10. The zero-order valence-corrected chi connectivity index (χ0v) is 12.1. The maximum atomic E-state index is 6.01. The van der Waals surface area contributed by atoms with Gasteiger partial charge in [0.2, 0.25) is 4.80 Å². The summed E-state index contributed by atoms with van der Waals surface area (Å²) in [7, 11) is 1.98. The van der Waals surface area contributed by atoms with Crippen molar-refractivity contribution < 1.29 is 0 Å². The Balaban J connectivity index is 2.49. The molecule has 0 N–H and O–H groups in total. The number of nitrogens with zero attached hydrogens (tertiary/aromatic N) is 3. The third kappa shape index (κ3) is 2.89. The van der Waals surface area contributed by atoms with Crippen molar-refractivity contribution in [3.8, 4) is 11.3 Å². The van der Waals surface area contributed by atoms with Gasteiger partial charge in [-0.2, -0.15) is 5.10 Å². The van der Waals surface area contributed by atoms with Crippen LogP contribution in [0.5, 0.6) is 0 Å². The fourth-order valence-electron chi connectivity index (χ4n) is 1.51. The van der Waals surface area contributed by atoms with E-state index in [4.69, 9.17) is 11.6 Å². The van der Waals surface area contributed by atoms with Gasteiger partial charge in [-0.05, 0) is 26.0 Å². The van der Waals surface area contributed by atoms with Crippen LogP contribution in [-0.2, 0) is 7.05 Å². The fraction of sp³-hybridized carbons (Fsp3) is 0.231. The molecule has 0 radical (unpaired) electrons. The Morgan fingerprint density at radius 2 is 2.11 bits per heavy atom. The second-order valence-corrected chi connectivity index (χ2v) is 5.39. The summed E-state index contributed by atoms with van der Waals surface area (Å²) in [6.07, 6.45) is 0.